The molecule has 0 aromatic heterocycles. The van der Waals surface area contributed by atoms with Crippen molar-refractivity contribution >= 4 is 43.3 Å². The maximum Gasteiger partial charge on any atom is 0.338 e. The molecule has 0 saturated carbocycles. The number of carboxylic acids is 1. The summed E-state index contributed by atoms with van der Waals surface area (Å²) in [4.78, 5) is 22.2. The Hall–Kier alpha value is -4.70. The SMILES string of the molecule is Cc1ccc(C(=O)Nc2cccc(S(N)(=O)=O)c2)c(F)c1.Cc1ccc(C(=O)O)c(F)c1.Nc1cccc(S(N)(=O)=O)c1. The molecule has 0 spiro atoms. The lowest BCUT2D eigenvalue weighted by atomic mass is 10.1. The Morgan fingerprint density at radius 3 is 1.58 bits per heavy atom. The van der Waals surface area contributed by atoms with E-state index < -0.39 is 43.6 Å². The third-order valence-corrected chi connectivity index (χ3v) is 7.15. The largest absolute Gasteiger partial charge is 0.478 e. The zero-order chi connectivity index (χ0) is 32.5. The van der Waals surface area contributed by atoms with E-state index in [2.05, 4.69) is 5.32 Å². The van der Waals surface area contributed by atoms with Gasteiger partial charge in [0.2, 0.25) is 20.0 Å². The molecule has 11 nitrogen and oxygen atoms in total. The Balaban J connectivity index is 0.000000247. The Kier molecular flexibility index (Phi) is 11.6. The summed E-state index contributed by atoms with van der Waals surface area (Å²) >= 11 is 0. The number of halogens is 2. The molecule has 0 aliphatic rings. The highest BCUT2D eigenvalue weighted by Crippen LogP contribution is 2.17. The van der Waals surface area contributed by atoms with Gasteiger partial charge in [0.25, 0.3) is 5.91 Å². The molecule has 4 aromatic rings. The molecular formula is C28H28F2N4O7S2. The molecule has 0 unspecified atom stereocenters. The molecule has 0 heterocycles. The fourth-order valence-corrected chi connectivity index (χ4v) is 4.37. The van der Waals surface area contributed by atoms with E-state index in [9.17, 15) is 35.2 Å². The van der Waals surface area contributed by atoms with Crippen LogP contribution in [0.25, 0.3) is 0 Å². The highest BCUT2D eigenvalue weighted by Gasteiger charge is 2.14. The number of benzene rings is 4. The number of aromatic carboxylic acids is 1. The number of hydrogen-bond donors (Lipinski definition) is 5. The van der Waals surface area contributed by atoms with Gasteiger partial charge in [-0.05, 0) is 85.6 Å². The second-order valence-corrected chi connectivity index (χ2v) is 12.0. The number of aryl methyl sites for hydroxylation is 2. The van der Waals surface area contributed by atoms with E-state index in [4.69, 9.17) is 21.1 Å². The monoisotopic (exact) mass is 634 g/mol. The van der Waals surface area contributed by atoms with Crippen LogP contribution < -0.4 is 21.3 Å². The summed E-state index contributed by atoms with van der Waals surface area (Å²) < 4.78 is 70.3. The average Bonchev–Trinajstić information content (AvgIpc) is 2.88. The van der Waals surface area contributed by atoms with Gasteiger partial charge in [-0.25, -0.2) is 40.7 Å². The average molecular weight is 635 g/mol. The van der Waals surface area contributed by atoms with Crippen molar-refractivity contribution in [1.29, 1.82) is 0 Å². The minimum absolute atomic E-state index is 0.0394. The second kappa shape index (κ2) is 14.5. The van der Waals surface area contributed by atoms with Crippen molar-refractivity contribution in [2.24, 2.45) is 10.3 Å². The van der Waals surface area contributed by atoms with Crippen molar-refractivity contribution in [3.05, 3.63) is 119 Å². The predicted molar refractivity (Wildman–Crippen MR) is 157 cm³/mol. The Morgan fingerprint density at radius 1 is 0.698 bits per heavy atom. The van der Waals surface area contributed by atoms with Crippen LogP contribution in [-0.2, 0) is 20.0 Å². The van der Waals surface area contributed by atoms with E-state index in [0.29, 0.717) is 16.8 Å². The molecule has 0 radical (unpaired) electrons. The molecule has 4 aromatic carbocycles. The fraction of sp³-hybridized carbons (Fsp3) is 0.0714. The topological polar surface area (TPSA) is 213 Å². The summed E-state index contributed by atoms with van der Waals surface area (Å²) in [6, 6.07) is 19.5. The molecular weight excluding hydrogens is 606 g/mol. The molecule has 0 aliphatic heterocycles. The van der Waals surface area contributed by atoms with Crippen LogP contribution >= 0.6 is 0 Å². The van der Waals surface area contributed by atoms with Gasteiger partial charge in [0.05, 0.1) is 20.9 Å². The molecule has 4 rings (SSSR count). The lowest BCUT2D eigenvalue weighted by Crippen LogP contribution is -2.15. The minimum atomic E-state index is -3.86. The van der Waals surface area contributed by atoms with E-state index in [-0.39, 0.29) is 26.6 Å². The van der Waals surface area contributed by atoms with Gasteiger partial charge in [-0.3, -0.25) is 4.79 Å². The van der Waals surface area contributed by atoms with Crippen molar-refractivity contribution in [3.63, 3.8) is 0 Å². The summed E-state index contributed by atoms with van der Waals surface area (Å²) in [5.74, 6) is -3.23. The summed E-state index contributed by atoms with van der Waals surface area (Å²) in [7, 11) is -7.47. The van der Waals surface area contributed by atoms with Gasteiger partial charge in [-0.2, -0.15) is 0 Å². The van der Waals surface area contributed by atoms with Gasteiger partial charge in [0.15, 0.2) is 0 Å². The van der Waals surface area contributed by atoms with Gasteiger partial charge < -0.3 is 16.2 Å². The summed E-state index contributed by atoms with van der Waals surface area (Å²) in [5.41, 5.74) is 6.94. The normalized spacial score (nSPS) is 10.8. The van der Waals surface area contributed by atoms with Crippen LogP contribution in [0.15, 0.2) is 94.7 Å². The first-order valence-electron chi connectivity index (χ1n) is 12.0. The van der Waals surface area contributed by atoms with Gasteiger partial charge in [0, 0.05) is 11.4 Å². The number of sulfonamides is 2. The summed E-state index contributed by atoms with van der Waals surface area (Å²) in [6.07, 6.45) is 0. The van der Waals surface area contributed by atoms with E-state index in [0.717, 1.165) is 0 Å². The molecule has 0 atom stereocenters. The second-order valence-electron chi connectivity index (χ2n) is 8.92. The Bertz CT molecular complexity index is 1870. The molecule has 0 fully saturated rings. The lowest BCUT2D eigenvalue weighted by molar-refractivity contribution is 0.0691. The van der Waals surface area contributed by atoms with E-state index in [1.807, 2.05) is 0 Å². The fourth-order valence-electron chi connectivity index (χ4n) is 3.24. The van der Waals surface area contributed by atoms with Crippen molar-refractivity contribution in [2.45, 2.75) is 23.6 Å². The minimum Gasteiger partial charge on any atom is -0.478 e. The molecule has 0 aliphatic carbocycles. The summed E-state index contributed by atoms with van der Waals surface area (Å²) in [6.45, 7) is 3.41. The number of nitrogen functional groups attached to an aromatic ring is 1. The number of rotatable bonds is 5. The summed E-state index contributed by atoms with van der Waals surface area (Å²) in [5, 5.41) is 20.7. The number of carbonyl (C=O) groups is 2. The molecule has 1 amide bonds. The highest BCUT2D eigenvalue weighted by atomic mass is 32.2. The van der Waals surface area contributed by atoms with E-state index in [1.54, 1.807) is 32.0 Å². The standard InChI is InChI=1S/C14H13FN2O3S.C8H7FO2.C6H8N2O2S/c1-9-5-6-12(13(15)7-9)14(18)17-10-3-2-4-11(8-10)21(16,19)20;1-5-2-3-6(8(10)11)7(9)4-5;7-5-2-1-3-6(4-5)11(8,9)10/h2-8H,1H3,(H,17,18)(H2,16,19,20);2-4H,1H3,(H,10,11);1-4H,7H2,(H2,8,9,10). The number of nitrogens with two attached hydrogens (primary N) is 3. The van der Waals surface area contributed by atoms with Crippen LogP contribution in [0.4, 0.5) is 20.2 Å². The number of primary sulfonamides is 2. The van der Waals surface area contributed by atoms with Gasteiger partial charge >= 0.3 is 5.97 Å². The first-order valence-corrected chi connectivity index (χ1v) is 15.1. The molecule has 0 bridgehead atoms. The van der Waals surface area contributed by atoms with Gasteiger partial charge in [-0.15, -0.1) is 0 Å². The number of anilines is 2. The number of nitrogens with one attached hydrogen (secondary N) is 1. The molecule has 228 valence electrons. The molecule has 0 saturated heterocycles. The van der Waals surface area contributed by atoms with Crippen molar-refractivity contribution < 1.29 is 40.3 Å². The number of amides is 1. The van der Waals surface area contributed by atoms with Gasteiger partial charge in [0.1, 0.15) is 11.6 Å². The number of hydrogen-bond acceptors (Lipinski definition) is 7. The predicted octanol–water partition coefficient (Wildman–Crippen LogP) is 3.78. The van der Waals surface area contributed by atoms with Crippen LogP contribution in [0.1, 0.15) is 31.8 Å². The van der Waals surface area contributed by atoms with Crippen LogP contribution in [-0.4, -0.2) is 33.8 Å². The zero-order valence-electron chi connectivity index (χ0n) is 22.8. The first-order chi connectivity index (χ1) is 19.9. The first kappa shape index (κ1) is 34.5. The third-order valence-electron chi connectivity index (χ3n) is 5.33. The Morgan fingerprint density at radius 2 is 1.16 bits per heavy atom. The van der Waals surface area contributed by atoms with Crippen LogP contribution in [0.3, 0.4) is 0 Å². The molecule has 43 heavy (non-hydrogen) atoms. The van der Waals surface area contributed by atoms with Crippen LogP contribution in [0, 0.1) is 25.5 Å². The molecule has 15 heteroatoms. The van der Waals surface area contributed by atoms with Crippen molar-refractivity contribution in [2.75, 3.05) is 11.1 Å². The van der Waals surface area contributed by atoms with Crippen molar-refractivity contribution in [1.82, 2.24) is 0 Å². The van der Waals surface area contributed by atoms with E-state index in [1.165, 1.54) is 66.7 Å². The lowest BCUT2D eigenvalue weighted by Gasteiger charge is -2.08. The smallest absolute Gasteiger partial charge is 0.338 e. The third kappa shape index (κ3) is 10.9. The quantitative estimate of drug-likeness (QED) is 0.203. The maximum atomic E-state index is 13.7. The van der Waals surface area contributed by atoms with Gasteiger partial charge in [-0.1, -0.05) is 24.3 Å². The highest BCUT2D eigenvalue weighted by molar-refractivity contribution is 7.89. The zero-order valence-corrected chi connectivity index (χ0v) is 24.4. The molecule has 8 N–H and O–H groups in total. The Labute approximate surface area is 247 Å². The maximum absolute atomic E-state index is 13.7. The van der Waals surface area contributed by atoms with Crippen LogP contribution in [0.5, 0.6) is 0 Å². The number of carboxylic acid groups (broad SMARTS) is 1. The van der Waals surface area contributed by atoms with E-state index >= 15 is 0 Å². The van der Waals surface area contributed by atoms with Crippen LogP contribution in [0.2, 0.25) is 0 Å². The number of carbonyl (C=O) groups excluding carboxylic acids is 1. The van der Waals surface area contributed by atoms with Crippen molar-refractivity contribution in [3.8, 4) is 0 Å².